The summed E-state index contributed by atoms with van der Waals surface area (Å²) in [5.74, 6) is -0.317. The molecule has 8 nitrogen and oxygen atoms in total. The maximum Gasteiger partial charge on any atom is 0.314 e. The van der Waals surface area contributed by atoms with E-state index in [1.807, 2.05) is 0 Å². The van der Waals surface area contributed by atoms with E-state index in [4.69, 9.17) is 17.3 Å². The predicted octanol–water partition coefficient (Wildman–Crippen LogP) is 0.964. The van der Waals surface area contributed by atoms with Crippen LogP contribution in [-0.4, -0.2) is 73.7 Å². The third-order valence-corrected chi connectivity index (χ3v) is 7.20. The van der Waals surface area contributed by atoms with Gasteiger partial charge in [0.1, 0.15) is 0 Å². The topological polar surface area (TPSA) is 104 Å². The van der Waals surface area contributed by atoms with Gasteiger partial charge in [0.25, 0.3) is 0 Å². The quantitative estimate of drug-likeness (QED) is 0.795. The summed E-state index contributed by atoms with van der Waals surface area (Å²) < 4.78 is 26.9. The number of sulfonamides is 1. The number of rotatable bonds is 3. The fourth-order valence-corrected chi connectivity index (χ4v) is 5.29. The fraction of sp³-hybridized carbons (Fsp3) is 0.529. The number of benzene rings is 1. The van der Waals surface area contributed by atoms with E-state index in [-0.39, 0.29) is 29.8 Å². The Morgan fingerprint density at radius 3 is 2.41 bits per heavy atom. The molecule has 0 aliphatic carbocycles. The molecule has 27 heavy (non-hydrogen) atoms. The molecule has 1 atom stereocenters. The summed E-state index contributed by atoms with van der Waals surface area (Å²) in [4.78, 5) is 27.4. The van der Waals surface area contributed by atoms with Crippen LogP contribution in [0.5, 0.6) is 0 Å². The first-order valence-corrected chi connectivity index (χ1v) is 10.7. The first-order chi connectivity index (χ1) is 12.8. The number of halogens is 1. The maximum absolute atomic E-state index is 12.8. The van der Waals surface area contributed by atoms with E-state index in [1.165, 1.54) is 21.3 Å². The summed E-state index contributed by atoms with van der Waals surface area (Å²) in [7, 11) is -3.64. The van der Waals surface area contributed by atoms with E-state index in [9.17, 15) is 18.0 Å². The fourth-order valence-electron chi connectivity index (χ4n) is 3.56. The van der Waals surface area contributed by atoms with Gasteiger partial charge in [0.2, 0.25) is 15.9 Å². The van der Waals surface area contributed by atoms with Crippen molar-refractivity contribution in [3.63, 3.8) is 0 Å². The van der Waals surface area contributed by atoms with E-state index in [0.29, 0.717) is 37.6 Å². The Bertz CT molecular complexity index is 824. The van der Waals surface area contributed by atoms with E-state index >= 15 is 0 Å². The van der Waals surface area contributed by atoms with Crippen molar-refractivity contribution in [1.82, 2.24) is 14.1 Å². The number of urea groups is 1. The van der Waals surface area contributed by atoms with E-state index in [0.717, 1.165) is 6.42 Å². The predicted molar refractivity (Wildman–Crippen MR) is 101 cm³/mol. The van der Waals surface area contributed by atoms with E-state index in [2.05, 4.69) is 0 Å². The molecule has 148 valence electrons. The average molecular weight is 415 g/mol. The van der Waals surface area contributed by atoms with Crippen LogP contribution in [0, 0.1) is 5.92 Å². The van der Waals surface area contributed by atoms with Gasteiger partial charge in [0, 0.05) is 44.3 Å². The van der Waals surface area contributed by atoms with Gasteiger partial charge in [-0.2, -0.15) is 4.31 Å². The van der Waals surface area contributed by atoms with Crippen LogP contribution in [0.3, 0.4) is 0 Å². The molecule has 3 amide bonds. The van der Waals surface area contributed by atoms with Gasteiger partial charge in [-0.05, 0) is 31.0 Å². The molecule has 0 radical (unpaired) electrons. The Labute approximate surface area is 163 Å². The normalized spacial score (nSPS) is 21.9. The van der Waals surface area contributed by atoms with Gasteiger partial charge >= 0.3 is 6.03 Å². The molecule has 2 aliphatic rings. The van der Waals surface area contributed by atoms with Gasteiger partial charge in [-0.3, -0.25) is 4.79 Å². The number of carbonyl (C=O) groups is 2. The number of nitrogens with two attached hydrogens (primary N) is 1. The second-order valence-corrected chi connectivity index (χ2v) is 9.18. The molecule has 10 heteroatoms. The van der Waals surface area contributed by atoms with Crippen LogP contribution in [0.2, 0.25) is 5.02 Å². The van der Waals surface area contributed by atoms with E-state index < -0.39 is 16.1 Å². The number of carbonyl (C=O) groups excluding carboxylic acids is 2. The van der Waals surface area contributed by atoms with Crippen LogP contribution in [0.15, 0.2) is 29.2 Å². The lowest BCUT2D eigenvalue weighted by Crippen LogP contribution is -2.54. The molecule has 1 aromatic carbocycles. The Morgan fingerprint density at radius 2 is 1.78 bits per heavy atom. The molecule has 2 saturated heterocycles. The minimum atomic E-state index is -3.64. The third-order valence-electron chi connectivity index (χ3n) is 5.07. The van der Waals surface area contributed by atoms with Crippen molar-refractivity contribution in [3.05, 3.63) is 29.3 Å². The Balaban J connectivity index is 1.61. The van der Waals surface area contributed by atoms with Crippen LogP contribution >= 0.6 is 11.6 Å². The number of hydrogen-bond acceptors (Lipinski definition) is 4. The SMILES string of the molecule is NC(=O)N1CCC[C@H](C(=O)N2CCN(S(=O)(=O)c3cccc(Cl)c3)CC2)C1. The van der Waals surface area contributed by atoms with Gasteiger partial charge < -0.3 is 15.5 Å². The summed E-state index contributed by atoms with van der Waals surface area (Å²) in [5.41, 5.74) is 5.32. The standard InChI is InChI=1S/C17H23ClN4O4S/c18-14-4-1-5-15(11-14)27(25,26)22-9-7-20(8-10-22)16(23)13-3-2-6-21(12-13)17(19)24/h1,4-5,11,13H,2-3,6-10,12H2,(H2,19,24)/t13-/m0/s1. The first kappa shape index (κ1) is 19.9. The number of hydrogen-bond donors (Lipinski definition) is 1. The molecule has 2 heterocycles. The van der Waals surface area contributed by atoms with Crippen LogP contribution in [0.4, 0.5) is 4.79 Å². The lowest BCUT2D eigenvalue weighted by Gasteiger charge is -2.38. The molecule has 2 aliphatic heterocycles. The van der Waals surface area contributed by atoms with Crippen molar-refractivity contribution < 1.29 is 18.0 Å². The first-order valence-electron chi connectivity index (χ1n) is 8.88. The van der Waals surface area contributed by atoms with Gasteiger partial charge in [-0.15, -0.1) is 0 Å². The highest BCUT2D eigenvalue weighted by Crippen LogP contribution is 2.23. The van der Waals surface area contributed by atoms with Crippen molar-refractivity contribution in [2.75, 3.05) is 39.3 Å². The number of amides is 3. The Morgan fingerprint density at radius 1 is 1.07 bits per heavy atom. The molecule has 0 bridgehead atoms. The minimum Gasteiger partial charge on any atom is -0.351 e. The second kappa shape index (κ2) is 8.04. The number of piperidine rings is 1. The molecule has 1 aromatic rings. The molecule has 2 fully saturated rings. The number of likely N-dealkylation sites (tertiary alicyclic amines) is 1. The molecule has 0 spiro atoms. The third kappa shape index (κ3) is 4.36. The van der Waals surface area contributed by atoms with E-state index in [1.54, 1.807) is 17.0 Å². The monoisotopic (exact) mass is 414 g/mol. The largest absolute Gasteiger partial charge is 0.351 e. The molecule has 2 N–H and O–H groups in total. The summed E-state index contributed by atoms with van der Waals surface area (Å²) in [6.45, 7) is 2.01. The Hall–Kier alpha value is -1.84. The molecular formula is C17H23ClN4O4S. The molecule has 0 aromatic heterocycles. The van der Waals surface area contributed by atoms with Crippen LogP contribution < -0.4 is 5.73 Å². The second-order valence-electron chi connectivity index (χ2n) is 6.81. The molecule has 0 saturated carbocycles. The summed E-state index contributed by atoms with van der Waals surface area (Å²) in [6, 6.07) is 5.65. The van der Waals surface area contributed by atoms with Gasteiger partial charge in [-0.1, -0.05) is 17.7 Å². The Kier molecular flexibility index (Phi) is 5.92. The molecular weight excluding hydrogens is 392 g/mol. The van der Waals surface area contributed by atoms with Gasteiger partial charge in [0.15, 0.2) is 0 Å². The van der Waals surface area contributed by atoms with Gasteiger partial charge in [0.05, 0.1) is 10.8 Å². The molecule has 0 unspecified atom stereocenters. The van der Waals surface area contributed by atoms with Crippen LogP contribution in [-0.2, 0) is 14.8 Å². The van der Waals surface area contributed by atoms with Crippen molar-refractivity contribution in [3.8, 4) is 0 Å². The minimum absolute atomic E-state index is 0.0410. The van der Waals surface area contributed by atoms with Crippen molar-refractivity contribution in [2.24, 2.45) is 11.7 Å². The van der Waals surface area contributed by atoms with Crippen molar-refractivity contribution >= 4 is 33.6 Å². The number of primary amides is 1. The average Bonchev–Trinajstić information content (AvgIpc) is 2.67. The zero-order chi connectivity index (χ0) is 19.6. The highest BCUT2D eigenvalue weighted by atomic mass is 35.5. The molecule has 3 rings (SSSR count). The lowest BCUT2D eigenvalue weighted by atomic mass is 9.96. The van der Waals surface area contributed by atoms with Crippen molar-refractivity contribution in [1.29, 1.82) is 0 Å². The van der Waals surface area contributed by atoms with Crippen LogP contribution in [0.25, 0.3) is 0 Å². The highest BCUT2D eigenvalue weighted by molar-refractivity contribution is 7.89. The van der Waals surface area contributed by atoms with Gasteiger partial charge in [-0.25, -0.2) is 13.2 Å². The number of piperazine rings is 1. The summed E-state index contributed by atoms with van der Waals surface area (Å²) >= 11 is 5.90. The summed E-state index contributed by atoms with van der Waals surface area (Å²) in [6.07, 6.45) is 1.45. The van der Waals surface area contributed by atoms with Crippen molar-refractivity contribution in [2.45, 2.75) is 17.7 Å². The van der Waals surface area contributed by atoms with Crippen LogP contribution in [0.1, 0.15) is 12.8 Å². The summed E-state index contributed by atoms with van der Waals surface area (Å²) in [5, 5.41) is 0.362. The smallest absolute Gasteiger partial charge is 0.314 e. The maximum atomic E-state index is 12.8. The zero-order valence-electron chi connectivity index (χ0n) is 14.9. The lowest BCUT2D eigenvalue weighted by molar-refractivity contribution is -0.138. The highest BCUT2D eigenvalue weighted by Gasteiger charge is 2.34. The zero-order valence-corrected chi connectivity index (χ0v) is 16.5. The number of nitrogens with zero attached hydrogens (tertiary/aromatic N) is 3.